The predicted molar refractivity (Wildman–Crippen MR) is 94.6 cm³/mol. The van der Waals surface area contributed by atoms with Gasteiger partial charge >= 0.3 is 6.18 Å². The van der Waals surface area contributed by atoms with E-state index in [-0.39, 0.29) is 24.6 Å². The Morgan fingerprint density at radius 1 is 1.22 bits per heavy atom. The van der Waals surface area contributed by atoms with E-state index in [1.807, 2.05) is 0 Å². The molecular formula is C17H24F3N3O4. The first-order valence-electron chi connectivity index (χ1n) is 8.69. The van der Waals surface area contributed by atoms with Crippen LogP contribution in [0.25, 0.3) is 0 Å². The molecular weight excluding hydrogens is 367 g/mol. The molecule has 1 rings (SSSR count). The molecule has 1 aromatic rings. The summed E-state index contributed by atoms with van der Waals surface area (Å²) >= 11 is 0. The molecule has 152 valence electrons. The van der Waals surface area contributed by atoms with E-state index in [0.717, 1.165) is 25.0 Å². The van der Waals surface area contributed by atoms with Gasteiger partial charge in [-0.05, 0) is 25.0 Å². The fraction of sp³-hybridized carbons (Fsp3) is 0.588. The normalized spacial score (nSPS) is 11.3. The lowest BCUT2D eigenvalue weighted by molar-refractivity contribution is -0.384. The zero-order valence-electron chi connectivity index (χ0n) is 15.1. The molecule has 0 aliphatic heterocycles. The summed E-state index contributed by atoms with van der Waals surface area (Å²) in [6.45, 7) is 3.82. The number of nitro groups is 1. The van der Waals surface area contributed by atoms with E-state index in [1.54, 1.807) is 0 Å². The van der Waals surface area contributed by atoms with Gasteiger partial charge in [0.1, 0.15) is 5.69 Å². The Labute approximate surface area is 155 Å². The molecule has 1 amide bonds. The smallest absolute Gasteiger partial charge is 0.381 e. The monoisotopic (exact) mass is 391 g/mol. The van der Waals surface area contributed by atoms with Crippen LogP contribution in [-0.4, -0.2) is 37.1 Å². The first kappa shape index (κ1) is 22.7. The number of rotatable bonds is 12. The Bertz CT molecular complexity index is 624. The third-order valence-electron chi connectivity index (χ3n) is 3.62. The van der Waals surface area contributed by atoms with E-state index >= 15 is 0 Å². The molecule has 0 bridgehead atoms. The van der Waals surface area contributed by atoms with E-state index in [9.17, 15) is 28.1 Å². The van der Waals surface area contributed by atoms with Crippen molar-refractivity contribution in [3.8, 4) is 0 Å². The molecule has 0 aliphatic rings. The number of unbranched alkanes of at least 4 members (excludes halogenated alkanes) is 1. The molecule has 0 unspecified atom stereocenters. The average molecular weight is 391 g/mol. The standard InChI is InChI=1S/C17H24F3N3O4/c1-2-3-10-27-11-4-8-22-16(24)7-9-21-14-6-5-13(17(18,19)20)12-15(14)23(25)26/h5-6,12,21H,2-4,7-11H2,1H3,(H,22,24). The topological polar surface area (TPSA) is 93.5 Å². The Morgan fingerprint density at radius 2 is 1.93 bits per heavy atom. The molecule has 0 atom stereocenters. The molecule has 0 saturated heterocycles. The molecule has 0 fully saturated rings. The van der Waals surface area contributed by atoms with Gasteiger partial charge in [0.2, 0.25) is 5.91 Å². The molecule has 0 saturated carbocycles. The fourth-order valence-electron chi connectivity index (χ4n) is 2.16. The quantitative estimate of drug-likeness (QED) is 0.322. The van der Waals surface area contributed by atoms with Crippen molar-refractivity contribution in [1.82, 2.24) is 5.32 Å². The minimum absolute atomic E-state index is 0.0366. The number of halogens is 3. The van der Waals surface area contributed by atoms with Crippen molar-refractivity contribution < 1.29 is 27.6 Å². The zero-order valence-corrected chi connectivity index (χ0v) is 15.1. The van der Waals surface area contributed by atoms with Crippen LogP contribution in [0.2, 0.25) is 0 Å². The van der Waals surface area contributed by atoms with Crippen molar-refractivity contribution in [3.05, 3.63) is 33.9 Å². The van der Waals surface area contributed by atoms with Crippen molar-refractivity contribution in [1.29, 1.82) is 0 Å². The third-order valence-corrected chi connectivity index (χ3v) is 3.62. The second kappa shape index (κ2) is 11.4. The maximum Gasteiger partial charge on any atom is 0.416 e. The number of nitrogens with one attached hydrogen (secondary N) is 2. The molecule has 0 aliphatic carbocycles. The molecule has 0 radical (unpaired) electrons. The Kier molecular flexibility index (Phi) is 9.55. The number of carbonyl (C=O) groups excluding carboxylic acids is 1. The van der Waals surface area contributed by atoms with E-state index in [1.165, 1.54) is 0 Å². The molecule has 2 N–H and O–H groups in total. The van der Waals surface area contributed by atoms with E-state index in [2.05, 4.69) is 17.6 Å². The van der Waals surface area contributed by atoms with Gasteiger partial charge in [0.25, 0.3) is 5.69 Å². The van der Waals surface area contributed by atoms with E-state index in [0.29, 0.717) is 32.2 Å². The highest BCUT2D eigenvalue weighted by Gasteiger charge is 2.33. The van der Waals surface area contributed by atoms with Crippen LogP contribution in [0, 0.1) is 10.1 Å². The fourth-order valence-corrected chi connectivity index (χ4v) is 2.16. The van der Waals surface area contributed by atoms with Crippen LogP contribution in [0.5, 0.6) is 0 Å². The zero-order chi connectivity index (χ0) is 20.3. The lowest BCUT2D eigenvalue weighted by Gasteiger charge is -2.11. The van der Waals surface area contributed by atoms with Crippen LogP contribution in [-0.2, 0) is 15.7 Å². The number of hydrogen-bond acceptors (Lipinski definition) is 5. The summed E-state index contributed by atoms with van der Waals surface area (Å²) in [6.07, 6.45) is -1.90. The van der Waals surface area contributed by atoms with E-state index in [4.69, 9.17) is 4.74 Å². The van der Waals surface area contributed by atoms with Crippen molar-refractivity contribution >= 4 is 17.3 Å². The number of anilines is 1. The summed E-state index contributed by atoms with van der Waals surface area (Å²) in [6, 6.07) is 2.22. The highest BCUT2D eigenvalue weighted by Crippen LogP contribution is 2.34. The highest BCUT2D eigenvalue weighted by atomic mass is 19.4. The SMILES string of the molecule is CCCCOCCCNC(=O)CCNc1ccc(C(F)(F)F)cc1[N+](=O)[O-]. The van der Waals surface area contributed by atoms with Crippen molar-refractivity contribution in [2.75, 3.05) is 31.6 Å². The van der Waals surface area contributed by atoms with Crippen LogP contribution < -0.4 is 10.6 Å². The number of carbonyl (C=O) groups is 1. The Balaban J connectivity index is 2.38. The minimum atomic E-state index is -4.66. The molecule has 1 aromatic carbocycles. The predicted octanol–water partition coefficient (Wildman–Crippen LogP) is 3.74. The van der Waals surface area contributed by atoms with Crippen LogP contribution in [0.3, 0.4) is 0 Å². The van der Waals surface area contributed by atoms with Gasteiger partial charge in [0.15, 0.2) is 0 Å². The van der Waals surface area contributed by atoms with Gasteiger partial charge in [0.05, 0.1) is 10.5 Å². The number of hydrogen-bond donors (Lipinski definition) is 2. The van der Waals surface area contributed by atoms with Crippen molar-refractivity contribution in [2.24, 2.45) is 0 Å². The number of nitro benzene ring substituents is 1. The van der Waals surface area contributed by atoms with Crippen molar-refractivity contribution in [3.63, 3.8) is 0 Å². The molecule has 0 heterocycles. The van der Waals surface area contributed by atoms with Crippen LogP contribution >= 0.6 is 0 Å². The Morgan fingerprint density at radius 3 is 2.56 bits per heavy atom. The van der Waals surface area contributed by atoms with Crippen LogP contribution in [0.1, 0.15) is 38.2 Å². The maximum absolute atomic E-state index is 12.7. The maximum atomic E-state index is 12.7. The van der Waals surface area contributed by atoms with Gasteiger partial charge in [-0.3, -0.25) is 14.9 Å². The summed E-state index contributed by atoms with van der Waals surface area (Å²) in [4.78, 5) is 21.8. The van der Waals surface area contributed by atoms with Crippen LogP contribution in [0.4, 0.5) is 24.5 Å². The van der Waals surface area contributed by atoms with Crippen LogP contribution in [0.15, 0.2) is 18.2 Å². The summed E-state index contributed by atoms with van der Waals surface area (Å²) in [5.41, 5.74) is -1.85. The van der Waals surface area contributed by atoms with E-state index < -0.39 is 22.4 Å². The van der Waals surface area contributed by atoms with Gasteiger partial charge in [0, 0.05) is 38.8 Å². The third kappa shape index (κ3) is 8.72. The number of amides is 1. The number of benzene rings is 1. The Hall–Kier alpha value is -2.36. The summed E-state index contributed by atoms with van der Waals surface area (Å²) < 4.78 is 43.3. The number of ether oxygens (including phenoxy) is 1. The van der Waals surface area contributed by atoms with Gasteiger partial charge in [-0.15, -0.1) is 0 Å². The van der Waals surface area contributed by atoms with Gasteiger partial charge in [-0.2, -0.15) is 13.2 Å². The highest BCUT2D eigenvalue weighted by molar-refractivity contribution is 5.76. The van der Waals surface area contributed by atoms with Gasteiger partial charge in [-0.1, -0.05) is 13.3 Å². The first-order chi connectivity index (χ1) is 12.8. The minimum Gasteiger partial charge on any atom is -0.381 e. The summed E-state index contributed by atoms with van der Waals surface area (Å²) in [5.74, 6) is -0.259. The largest absolute Gasteiger partial charge is 0.416 e. The summed E-state index contributed by atoms with van der Waals surface area (Å²) in [7, 11) is 0. The molecule has 10 heteroatoms. The molecule has 27 heavy (non-hydrogen) atoms. The van der Waals surface area contributed by atoms with Gasteiger partial charge < -0.3 is 15.4 Å². The number of nitrogens with zero attached hydrogens (tertiary/aromatic N) is 1. The van der Waals surface area contributed by atoms with Crippen molar-refractivity contribution in [2.45, 2.75) is 38.8 Å². The summed E-state index contributed by atoms with van der Waals surface area (Å²) in [5, 5.41) is 16.3. The molecule has 7 nitrogen and oxygen atoms in total. The molecule has 0 aromatic heterocycles. The lowest BCUT2D eigenvalue weighted by Crippen LogP contribution is -2.27. The van der Waals surface area contributed by atoms with Gasteiger partial charge in [-0.25, -0.2) is 0 Å². The second-order valence-electron chi connectivity index (χ2n) is 5.83. The molecule has 0 spiro atoms. The average Bonchev–Trinajstić information content (AvgIpc) is 2.60. The first-order valence-corrected chi connectivity index (χ1v) is 8.69. The lowest BCUT2D eigenvalue weighted by atomic mass is 10.1. The second-order valence-corrected chi connectivity index (χ2v) is 5.83. The number of alkyl halides is 3.